The molecule has 27 heavy (non-hydrogen) atoms. The van der Waals surface area contributed by atoms with Crippen LogP contribution < -0.4 is 5.32 Å². The van der Waals surface area contributed by atoms with Crippen molar-refractivity contribution >= 4 is 28.6 Å². The van der Waals surface area contributed by atoms with Gasteiger partial charge in [0.1, 0.15) is 12.9 Å². The molecule has 134 valence electrons. The molecule has 4 rings (SSSR count). The van der Waals surface area contributed by atoms with E-state index in [-0.39, 0.29) is 12.5 Å². The van der Waals surface area contributed by atoms with Crippen LogP contribution in [0.25, 0.3) is 16.7 Å². The molecule has 0 atom stereocenters. The third-order valence-corrected chi connectivity index (χ3v) is 3.88. The largest absolute Gasteiger partial charge is 0.490 e. The summed E-state index contributed by atoms with van der Waals surface area (Å²) < 4.78 is 3.06. The number of carbonyl (C=O) groups excluding carboxylic acids is 1. The van der Waals surface area contributed by atoms with Crippen LogP contribution >= 0.6 is 0 Å². The van der Waals surface area contributed by atoms with E-state index < -0.39 is 10.9 Å². The van der Waals surface area contributed by atoms with E-state index in [4.69, 9.17) is 0 Å². The van der Waals surface area contributed by atoms with Gasteiger partial charge in [0.2, 0.25) is 12.2 Å². The summed E-state index contributed by atoms with van der Waals surface area (Å²) >= 11 is 0. The van der Waals surface area contributed by atoms with Gasteiger partial charge in [-0.3, -0.25) is 9.36 Å². The Morgan fingerprint density at radius 3 is 2.59 bits per heavy atom. The van der Waals surface area contributed by atoms with Crippen LogP contribution in [-0.2, 0) is 11.3 Å². The quantitative estimate of drug-likeness (QED) is 0.428. The van der Waals surface area contributed by atoms with Crippen molar-refractivity contribution in [3.05, 3.63) is 71.3 Å². The topological polar surface area (TPSA) is 121 Å². The second-order valence-corrected chi connectivity index (χ2v) is 5.70. The van der Waals surface area contributed by atoms with Gasteiger partial charge in [0.05, 0.1) is 11.0 Å². The van der Waals surface area contributed by atoms with Crippen LogP contribution in [0.5, 0.6) is 0 Å². The number of benzene rings is 2. The number of hydrogen-bond donors (Lipinski definition) is 1. The summed E-state index contributed by atoms with van der Waals surface area (Å²) in [4.78, 5) is 29.8. The lowest BCUT2D eigenvalue weighted by molar-refractivity contribution is -0.394. The van der Waals surface area contributed by atoms with Crippen LogP contribution in [0.1, 0.15) is 0 Å². The number of fused-ring (bicyclic) bond motifs is 1. The average molecular weight is 363 g/mol. The number of nitro groups is 1. The molecule has 0 aliphatic carbocycles. The van der Waals surface area contributed by atoms with Gasteiger partial charge in [-0.2, -0.15) is 4.68 Å². The van der Waals surface area contributed by atoms with E-state index in [9.17, 15) is 14.9 Å². The Kier molecular flexibility index (Phi) is 4.05. The second-order valence-electron chi connectivity index (χ2n) is 5.70. The van der Waals surface area contributed by atoms with Crippen LogP contribution in [0.2, 0.25) is 0 Å². The van der Waals surface area contributed by atoms with Gasteiger partial charge in [-0.25, -0.2) is 4.98 Å². The summed E-state index contributed by atoms with van der Waals surface area (Å²) in [7, 11) is 0. The van der Waals surface area contributed by atoms with E-state index in [1.807, 2.05) is 41.0 Å². The first-order valence-corrected chi connectivity index (χ1v) is 7.96. The zero-order chi connectivity index (χ0) is 18.8. The summed E-state index contributed by atoms with van der Waals surface area (Å²) in [6.07, 6.45) is 2.89. The maximum atomic E-state index is 12.1. The standard InChI is InChI=1S/C17H13N7O3/c25-16(9-22-10-19-17(21-22)24(26)27)20-12-5-7-13(8-6-12)23-11-18-14-3-1-2-4-15(14)23/h1-8,10-11H,9H2,(H,20,25). The second kappa shape index (κ2) is 6.67. The highest BCUT2D eigenvalue weighted by Crippen LogP contribution is 2.19. The van der Waals surface area contributed by atoms with E-state index in [1.165, 1.54) is 0 Å². The number of anilines is 1. The van der Waals surface area contributed by atoms with Crippen molar-refractivity contribution in [1.82, 2.24) is 24.3 Å². The fourth-order valence-electron chi connectivity index (χ4n) is 2.66. The Labute approximate surface area is 152 Å². The average Bonchev–Trinajstić information content (AvgIpc) is 3.29. The van der Waals surface area contributed by atoms with Crippen LogP contribution in [0, 0.1) is 10.1 Å². The summed E-state index contributed by atoms with van der Waals surface area (Å²) in [6, 6.07) is 15.1. The van der Waals surface area contributed by atoms with Crippen molar-refractivity contribution in [2.75, 3.05) is 5.32 Å². The Hall–Kier alpha value is -4.08. The number of para-hydroxylation sites is 2. The molecule has 0 aliphatic heterocycles. The van der Waals surface area contributed by atoms with Crippen LogP contribution in [0.15, 0.2) is 61.2 Å². The molecule has 2 aromatic carbocycles. The maximum Gasteiger partial charge on any atom is 0.490 e. The van der Waals surface area contributed by atoms with Gasteiger partial charge < -0.3 is 15.4 Å². The summed E-state index contributed by atoms with van der Waals surface area (Å²) in [5.41, 5.74) is 3.40. The molecule has 0 radical (unpaired) electrons. The van der Waals surface area contributed by atoms with E-state index in [2.05, 4.69) is 20.4 Å². The first-order valence-electron chi connectivity index (χ1n) is 7.96. The molecule has 0 saturated heterocycles. The Morgan fingerprint density at radius 2 is 1.85 bits per heavy atom. The van der Waals surface area contributed by atoms with Crippen molar-refractivity contribution in [2.45, 2.75) is 6.54 Å². The maximum absolute atomic E-state index is 12.1. The molecule has 10 nitrogen and oxygen atoms in total. The zero-order valence-corrected chi connectivity index (χ0v) is 13.9. The van der Waals surface area contributed by atoms with E-state index in [1.54, 1.807) is 18.5 Å². The van der Waals surface area contributed by atoms with Crippen LogP contribution in [0.3, 0.4) is 0 Å². The fraction of sp³-hybridized carbons (Fsp3) is 0.0588. The summed E-state index contributed by atoms with van der Waals surface area (Å²) in [5, 5.41) is 16.9. The molecule has 10 heteroatoms. The molecular formula is C17H13N7O3. The fourth-order valence-corrected chi connectivity index (χ4v) is 2.66. The lowest BCUT2D eigenvalue weighted by Crippen LogP contribution is -2.19. The molecule has 0 spiro atoms. The lowest BCUT2D eigenvalue weighted by atomic mass is 10.2. The molecule has 0 unspecified atom stereocenters. The van der Waals surface area contributed by atoms with Gasteiger partial charge in [-0.05, 0) is 41.3 Å². The highest BCUT2D eigenvalue weighted by molar-refractivity contribution is 5.90. The third-order valence-electron chi connectivity index (χ3n) is 3.88. The van der Waals surface area contributed by atoms with Gasteiger partial charge in [0, 0.05) is 16.5 Å². The molecule has 2 aromatic heterocycles. The minimum atomic E-state index is -0.715. The monoisotopic (exact) mass is 363 g/mol. The number of rotatable bonds is 5. The molecule has 1 amide bonds. The molecule has 0 aliphatic rings. The van der Waals surface area contributed by atoms with Crippen LogP contribution in [0.4, 0.5) is 11.6 Å². The lowest BCUT2D eigenvalue weighted by Gasteiger charge is -2.07. The van der Waals surface area contributed by atoms with Crippen molar-refractivity contribution < 1.29 is 9.72 Å². The predicted octanol–water partition coefficient (Wildman–Crippen LogP) is 2.16. The van der Waals surface area contributed by atoms with E-state index >= 15 is 0 Å². The zero-order valence-electron chi connectivity index (χ0n) is 13.9. The Balaban J connectivity index is 1.46. The normalized spacial score (nSPS) is 10.8. The molecule has 0 bridgehead atoms. The van der Waals surface area contributed by atoms with Crippen molar-refractivity contribution in [3.63, 3.8) is 0 Å². The summed E-state index contributed by atoms with van der Waals surface area (Å²) in [6.45, 7) is -0.172. The van der Waals surface area contributed by atoms with Gasteiger partial charge in [0.25, 0.3) is 0 Å². The van der Waals surface area contributed by atoms with Gasteiger partial charge in [0.15, 0.2) is 0 Å². The molecule has 2 heterocycles. The number of aromatic nitrogens is 5. The SMILES string of the molecule is O=C(Cn1cnc([N+](=O)[O-])n1)Nc1ccc(-n2cnc3ccccc32)cc1. The van der Waals surface area contributed by atoms with Crippen molar-refractivity contribution in [2.24, 2.45) is 0 Å². The van der Waals surface area contributed by atoms with E-state index in [0.29, 0.717) is 5.69 Å². The van der Waals surface area contributed by atoms with Crippen molar-refractivity contribution in [1.29, 1.82) is 0 Å². The molecular weight excluding hydrogens is 350 g/mol. The number of amides is 1. The third kappa shape index (κ3) is 3.35. The molecule has 4 aromatic rings. The van der Waals surface area contributed by atoms with Crippen molar-refractivity contribution in [3.8, 4) is 5.69 Å². The van der Waals surface area contributed by atoms with Gasteiger partial charge in [-0.15, -0.1) is 0 Å². The minimum Gasteiger partial charge on any atom is -0.390 e. The Morgan fingerprint density at radius 1 is 1.07 bits per heavy atom. The molecule has 0 fully saturated rings. The first-order chi connectivity index (χ1) is 13.1. The van der Waals surface area contributed by atoms with Crippen LogP contribution in [-0.4, -0.2) is 35.1 Å². The molecule has 0 saturated carbocycles. The Bertz CT molecular complexity index is 1130. The van der Waals surface area contributed by atoms with E-state index in [0.717, 1.165) is 27.7 Å². The molecule has 1 N–H and O–H groups in total. The number of nitrogens with zero attached hydrogens (tertiary/aromatic N) is 6. The summed E-state index contributed by atoms with van der Waals surface area (Å²) in [5.74, 6) is -0.907. The number of carbonyl (C=O) groups is 1. The highest BCUT2D eigenvalue weighted by Gasteiger charge is 2.15. The predicted molar refractivity (Wildman–Crippen MR) is 96.4 cm³/mol. The highest BCUT2D eigenvalue weighted by atomic mass is 16.6. The minimum absolute atomic E-state index is 0.172. The first kappa shape index (κ1) is 16.4. The number of hydrogen-bond acceptors (Lipinski definition) is 6. The number of imidazole rings is 1. The smallest absolute Gasteiger partial charge is 0.390 e. The van der Waals surface area contributed by atoms with Gasteiger partial charge in [-0.1, -0.05) is 17.1 Å². The number of nitrogens with one attached hydrogen (secondary N) is 1. The van der Waals surface area contributed by atoms with Gasteiger partial charge >= 0.3 is 5.95 Å².